The molecule has 0 bridgehead atoms. The van der Waals surface area contributed by atoms with E-state index < -0.39 is 0 Å². The van der Waals surface area contributed by atoms with Gasteiger partial charge in [0.1, 0.15) is 11.8 Å². The van der Waals surface area contributed by atoms with Gasteiger partial charge in [-0.2, -0.15) is 5.26 Å². The highest BCUT2D eigenvalue weighted by molar-refractivity contribution is 6.04. The van der Waals surface area contributed by atoms with Gasteiger partial charge >= 0.3 is 0 Å². The average molecular weight is 280 g/mol. The average Bonchev–Trinajstić information content (AvgIpc) is 2.45. The molecule has 0 radical (unpaired) electrons. The first kappa shape index (κ1) is 14.6. The summed E-state index contributed by atoms with van der Waals surface area (Å²) in [5, 5.41) is 11.3. The molecule has 0 aliphatic heterocycles. The normalized spacial score (nSPS) is 9.76. The lowest BCUT2D eigenvalue weighted by Gasteiger charge is -2.08. The summed E-state index contributed by atoms with van der Waals surface area (Å²) in [4.78, 5) is 12.2. The Morgan fingerprint density at radius 2 is 1.76 bits per heavy atom. The summed E-state index contributed by atoms with van der Waals surface area (Å²) < 4.78 is 5.16. The number of nitrogens with zero attached hydrogens (tertiary/aromatic N) is 1. The van der Waals surface area contributed by atoms with Crippen LogP contribution < -0.4 is 10.1 Å². The Kier molecular flexibility index (Phi) is 4.57. The molecule has 0 aromatic heterocycles. The topological polar surface area (TPSA) is 62.1 Å². The molecule has 2 rings (SSSR count). The number of benzene rings is 2. The van der Waals surface area contributed by atoms with E-state index in [0.29, 0.717) is 17.0 Å². The third-order valence-corrected chi connectivity index (χ3v) is 2.90. The summed E-state index contributed by atoms with van der Waals surface area (Å²) in [5.74, 6) is 0.452. The van der Waals surface area contributed by atoms with Crippen LogP contribution in [0.3, 0.4) is 0 Å². The van der Waals surface area contributed by atoms with Crippen LogP contribution in [0.2, 0.25) is 0 Å². The molecule has 0 fully saturated rings. The quantitative estimate of drug-likeness (QED) is 0.932. The number of nitriles is 1. The van der Waals surface area contributed by atoms with Crippen LogP contribution in [0.25, 0.3) is 0 Å². The number of rotatable bonds is 4. The molecule has 1 N–H and O–H groups in total. The van der Waals surface area contributed by atoms with Gasteiger partial charge in [0.2, 0.25) is 0 Å². The first-order chi connectivity index (χ1) is 10.1. The molecule has 4 heteroatoms. The summed E-state index contributed by atoms with van der Waals surface area (Å²) in [5.41, 5.74) is 3.43. The maximum atomic E-state index is 12.2. The van der Waals surface area contributed by atoms with Crippen molar-refractivity contribution in [3.63, 3.8) is 0 Å². The fourth-order valence-corrected chi connectivity index (χ4v) is 2.06. The standard InChI is InChI=1S/C17H16N2O2/c1-12-9-13(2)11-14(10-12)17(20)19-15-3-5-16(6-4-15)21-8-7-18/h3-6,9-11H,8H2,1-2H3,(H,19,20). The second kappa shape index (κ2) is 6.58. The Balaban J connectivity index is 2.07. The van der Waals surface area contributed by atoms with E-state index in [4.69, 9.17) is 10.00 Å². The lowest BCUT2D eigenvalue weighted by atomic mass is 10.1. The van der Waals surface area contributed by atoms with Crippen molar-refractivity contribution in [3.8, 4) is 11.8 Å². The third kappa shape index (κ3) is 4.08. The van der Waals surface area contributed by atoms with E-state index in [2.05, 4.69) is 5.32 Å². The van der Waals surface area contributed by atoms with Crippen molar-refractivity contribution in [1.29, 1.82) is 5.26 Å². The predicted octanol–water partition coefficient (Wildman–Crippen LogP) is 3.46. The molecule has 0 spiro atoms. The van der Waals surface area contributed by atoms with Gasteiger partial charge in [0.05, 0.1) is 0 Å². The molecule has 106 valence electrons. The number of nitrogens with one attached hydrogen (secondary N) is 1. The van der Waals surface area contributed by atoms with Crippen molar-refractivity contribution in [2.75, 3.05) is 11.9 Å². The Bertz CT molecular complexity index is 665. The lowest BCUT2D eigenvalue weighted by molar-refractivity contribution is 0.102. The van der Waals surface area contributed by atoms with E-state index in [9.17, 15) is 4.79 Å². The third-order valence-electron chi connectivity index (χ3n) is 2.90. The number of aryl methyl sites for hydroxylation is 2. The minimum absolute atomic E-state index is 0.00821. The molecule has 0 saturated carbocycles. The van der Waals surface area contributed by atoms with Crippen molar-refractivity contribution < 1.29 is 9.53 Å². The van der Waals surface area contributed by atoms with Gasteiger partial charge in [0.15, 0.2) is 6.61 Å². The molecule has 21 heavy (non-hydrogen) atoms. The minimum atomic E-state index is -0.146. The van der Waals surface area contributed by atoms with Crippen LogP contribution in [-0.4, -0.2) is 12.5 Å². The summed E-state index contributed by atoms with van der Waals surface area (Å²) in [7, 11) is 0. The van der Waals surface area contributed by atoms with Gasteiger partial charge in [-0.1, -0.05) is 17.2 Å². The van der Waals surface area contributed by atoms with E-state index in [0.717, 1.165) is 11.1 Å². The SMILES string of the molecule is Cc1cc(C)cc(C(=O)Nc2ccc(OCC#N)cc2)c1. The summed E-state index contributed by atoms with van der Waals surface area (Å²) >= 11 is 0. The molecule has 0 aliphatic carbocycles. The number of amides is 1. The van der Waals surface area contributed by atoms with E-state index in [-0.39, 0.29) is 12.5 Å². The Hall–Kier alpha value is -2.80. The molecule has 0 heterocycles. The molecule has 0 unspecified atom stereocenters. The zero-order valence-corrected chi connectivity index (χ0v) is 12.0. The molecular formula is C17H16N2O2. The Labute approximate surface area is 124 Å². The van der Waals surface area contributed by atoms with E-state index in [1.54, 1.807) is 24.3 Å². The Morgan fingerprint density at radius 1 is 1.14 bits per heavy atom. The Morgan fingerprint density at radius 3 is 2.33 bits per heavy atom. The summed E-state index contributed by atoms with van der Waals surface area (Å²) in [6, 6.07) is 14.6. The van der Waals surface area contributed by atoms with Gasteiger partial charge in [-0.05, 0) is 50.2 Å². The zero-order chi connectivity index (χ0) is 15.2. The van der Waals surface area contributed by atoms with Crippen molar-refractivity contribution in [1.82, 2.24) is 0 Å². The van der Waals surface area contributed by atoms with Gasteiger partial charge in [-0.15, -0.1) is 0 Å². The van der Waals surface area contributed by atoms with Crippen LogP contribution in [0.4, 0.5) is 5.69 Å². The number of carbonyl (C=O) groups excluding carboxylic acids is 1. The summed E-state index contributed by atoms with van der Waals surface area (Å²) in [6.45, 7) is 3.94. The number of carbonyl (C=O) groups is 1. The van der Waals surface area contributed by atoms with Crippen LogP contribution in [0.15, 0.2) is 42.5 Å². The fourth-order valence-electron chi connectivity index (χ4n) is 2.06. The zero-order valence-electron chi connectivity index (χ0n) is 12.0. The number of hydrogen-bond acceptors (Lipinski definition) is 3. The molecule has 0 atom stereocenters. The number of hydrogen-bond donors (Lipinski definition) is 1. The highest BCUT2D eigenvalue weighted by Gasteiger charge is 2.07. The lowest BCUT2D eigenvalue weighted by Crippen LogP contribution is -2.12. The van der Waals surface area contributed by atoms with E-state index >= 15 is 0 Å². The van der Waals surface area contributed by atoms with Crippen molar-refractivity contribution in [2.45, 2.75) is 13.8 Å². The van der Waals surface area contributed by atoms with Crippen LogP contribution in [0.5, 0.6) is 5.75 Å². The molecule has 0 saturated heterocycles. The first-order valence-corrected chi connectivity index (χ1v) is 6.58. The van der Waals surface area contributed by atoms with Gasteiger partial charge < -0.3 is 10.1 Å². The molecule has 2 aromatic carbocycles. The maximum absolute atomic E-state index is 12.2. The second-order valence-corrected chi connectivity index (χ2v) is 4.80. The summed E-state index contributed by atoms with van der Waals surface area (Å²) in [6.07, 6.45) is 0. The maximum Gasteiger partial charge on any atom is 0.255 e. The number of ether oxygens (including phenoxy) is 1. The van der Waals surface area contributed by atoms with E-state index in [1.807, 2.05) is 38.1 Å². The second-order valence-electron chi connectivity index (χ2n) is 4.80. The van der Waals surface area contributed by atoms with Crippen molar-refractivity contribution in [2.24, 2.45) is 0 Å². The highest BCUT2D eigenvalue weighted by atomic mass is 16.5. The molecule has 4 nitrogen and oxygen atoms in total. The van der Waals surface area contributed by atoms with Crippen molar-refractivity contribution in [3.05, 3.63) is 59.2 Å². The molecule has 0 aliphatic rings. The predicted molar refractivity (Wildman–Crippen MR) is 81.4 cm³/mol. The van der Waals surface area contributed by atoms with Gasteiger partial charge in [0.25, 0.3) is 5.91 Å². The van der Waals surface area contributed by atoms with E-state index in [1.165, 1.54) is 0 Å². The van der Waals surface area contributed by atoms with Crippen molar-refractivity contribution >= 4 is 11.6 Å². The van der Waals surface area contributed by atoms with Gasteiger partial charge in [0, 0.05) is 11.3 Å². The molecular weight excluding hydrogens is 264 g/mol. The smallest absolute Gasteiger partial charge is 0.255 e. The first-order valence-electron chi connectivity index (χ1n) is 6.58. The van der Waals surface area contributed by atoms with Crippen LogP contribution in [0.1, 0.15) is 21.5 Å². The monoisotopic (exact) mass is 280 g/mol. The largest absolute Gasteiger partial charge is 0.479 e. The highest BCUT2D eigenvalue weighted by Crippen LogP contribution is 2.17. The molecule has 1 amide bonds. The van der Waals surface area contributed by atoms with Crippen LogP contribution in [-0.2, 0) is 0 Å². The van der Waals surface area contributed by atoms with Crippen LogP contribution >= 0.6 is 0 Å². The minimum Gasteiger partial charge on any atom is -0.479 e. The molecule has 2 aromatic rings. The van der Waals surface area contributed by atoms with Gasteiger partial charge in [-0.3, -0.25) is 4.79 Å². The fraction of sp³-hybridized carbons (Fsp3) is 0.176. The van der Waals surface area contributed by atoms with Crippen LogP contribution in [0, 0.1) is 25.2 Å². The number of anilines is 1. The van der Waals surface area contributed by atoms with Gasteiger partial charge in [-0.25, -0.2) is 0 Å².